The molecule has 0 aliphatic heterocycles. The lowest BCUT2D eigenvalue weighted by molar-refractivity contribution is -0.120. The lowest BCUT2D eigenvalue weighted by Gasteiger charge is -2.22. The molecule has 0 saturated carbocycles. The van der Waals surface area contributed by atoms with Gasteiger partial charge in [0.1, 0.15) is 5.82 Å². The van der Waals surface area contributed by atoms with E-state index in [0.29, 0.717) is 17.8 Å². The molecule has 0 fully saturated rings. The zero-order valence-corrected chi connectivity index (χ0v) is 20.5. The van der Waals surface area contributed by atoms with Crippen molar-refractivity contribution in [2.45, 2.75) is 19.4 Å². The van der Waals surface area contributed by atoms with Crippen LogP contribution in [-0.2, 0) is 29.0 Å². The zero-order valence-electron chi connectivity index (χ0n) is 20.5. The van der Waals surface area contributed by atoms with Crippen molar-refractivity contribution in [3.8, 4) is 0 Å². The Balaban J connectivity index is 1.42. The van der Waals surface area contributed by atoms with Gasteiger partial charge in [0.15, 0.2) is 0 Å². The summed E-state index contributed by atoms with van der Waals surface area (Å²) in [6.07, 6.45) is 4.30. The third kappa shape index (κ3) is 8.00. The summed E-state index contributed by atoms with van der Waals surface area (Å²) in [7, 11) is 0. The molecule has 2 amide bonds. The van der Waals surface area contributed by atoms with Crippen molar-refractivity contribution in [1.29, 1.82) is 0 Å². The lowest BCUT2D eigenvalue weighted by atomic mass is 10.1. The second-order valence-electron chi connectivity index (χ2n) is 8.73. The Bertz CT molecular complexity index is 1340. The van der Waals surface area contributed by atoms with Gasteiger partial charge in [0, 0.05) is 18.3 Å². The van der Waals surface area contributed by atoms with Gasteiger partial charge >= 0.3 is 0 Å². The third-order valence-corrected chi connectivity index (χ3v) is 5.91. The molecule has 0 atom stereocenters. The minimum Gasteiger partial charge on any atom is -0.355 e. The molecule has 0 radical (unpaired) electrons. The van der Waals surface area contributed by atoms with Gasteiger partial charge in [-0.05, 0) is 59.0 Å². The molecule has 0 unspecified atom stereocenters. The van der Waals surface area contributed by atoms with E-state index in [0.717, 1.165) is 17.5 Å². The van der Waals surface area contributed by atoms with Crippen LogP contribution < -0.4 is 10.2 Å². The van der Waals surface area contributed by atoms with Crippen LogP contribution in [0.1, 0.15) is 22.3 Å². The van der Waals surface area contributed by atoms with Gasteiger partial charge in [-0.3, -0.25) is 9.59 Å². The molecule has 0 bridgehead atoms. The highest BCUT2D eigenvalue weighted by atomic mass is 19.1. The van der Waals surface area contributed by atoms with E-state index in [4.69, 9.17) is 0 Å². The first kappa shape index (κ1) is 25.6. The molecule has 0 aromatic heterocycles. The summed E-state index contributed by atoms with van der Waals surface area (Å²) >= 11 is 0. The van der Waals surface area contributed by atoms with E-state index in [2.05, 4.69) is 5.32 Å². The number of carbonyl (C=O) groups excluding carboxylic acids is 2. The van der Waals surface area contributed by atoms with E-state index in [9.17, 15) is 14.0 Å². The van der Waals surface area contributed by atoms with E-state index in [1.54, 1.807) is 23.1 Å². The number of halogens is 1. The summed E-state index contributed by atoms with van der Waals surface area (Å²) < 4.78 is 13.8. The van der Waals surface area contributed by atoms with Gasteiger partial charge < -0.3 is 10.2 Å². The van der Waals surface area contributed by atoms with E-state index >= 15 is 0 Å². The maximum absolute atomic E-state index is 13.8. The van der Waals surface area contributed by atoms with Crippen LogP contribution in [-0.4, -0.2) is 18.4 Å². The van der Waals surface area contributed by atoms with Gasteiger partial charge in [0.05, 0.1) is 13.0 Å². The molecular formula is C32H29FN2O2. The molecule has 186 valence electrons. The maximum Gasteiger partial charge on any atom is 0.251 e. The Kier molecular flexibility index (Phi) is 8.97. The highest BCUT2D eigenvalue weighted by molar-refractivity contribution is 6.03. The fourth-order valence-corrected chi connectivity index (χ4v) is 3.97. The summed E-state index contributed by atoms with van der Waals surface area (Å²) in [6, 6.07) is 33.1. The quantitative estimate of drug-likeness (QED) is 0.277. The summed E-state index contributed by atoms with van der Waals surface area (Å²) in [4.78, 5) is 27.2. The van der Waals surface area contributed by atoms with Crippen LogP contribution >= 0.6 is 0 Å². The van der Waals surface area contributed by atoms with Crippen LogP contribution in [0.25, 0.3) is 6.08 Å². The van der Waals surface area contributed by atoms with Crippen LogP contribution in [0.5, 0.6) is 0 Å². The largest absolute Gasteiger partial charge is 0.355 e. The Morgan fingerprint density at radius 3 is 2.14 bits per heavy atom. The minimum atomic E-state index is -0.349. The van der Waals surface area contributed by atoms with Gasteiger partial charge in [0.25, 0.3) is 5.91 Å². The molecule has 5 heteroatoms. The van der Waals surface area contributed by atoms with Crippen LogP contribution in [0, 0.1) is 5.82 Å². The van der Waals surface area contributed by atoms with Crippen molar-refractivity contribution in [2.75, 3.05) is 11.4 Å². The number of carbonyl (C=O) groups is 2. The fraction of sp³-hybridized carbons (Fsp3) is 0.125. The van der Waals surface area contributed by atoms with Gasteiger partial charge in [-0.1, -0.05) is 84.9 Å². The van der Waals surface area contributed by atoms with Crippen molar-refractivity contribution in [1.82, 2.24) is 5.32 Å². The standard InChI is InChI=1S/C32H29FN2O2/c33-29-13-7-12-28(22-29)24-35(32(37)19-16-25-8-3-1-4-9-25)30-17-14-27(15-18-30)23-31(36)34-21-20-26-10-5-2-6-11-26/h1-19,22H,20-21,23-24H2,(H,34,36)/b19-16+. The van der Waals surface area contributed by atoms with Crippen molar-refractivity contribution in [3.05, 3.63) is 143 Å². The zero-order chi connectivity index (χ0) is 25.9. The maximum atomic E-state index is 13.8. The van der Waals surface area contributed by atoms with E-state index in [1.807, 2.05) is 84.9 Å². The average molecular weight is 493 g/mol. The van der Waals surface area contributed by atoms with E-state index in [1.165, 1.54) is 23.8 Å². The summed E-state index contributed by atoms with van der Waals surface area (Å²) in [5.74, 6) is -0.625. The molecule has 4 rings (SSSR count). The summed E-state index contributed by atoms with van der Waals surface area (Å²) in [6.45, 7) is 0.791. The van der Waals surface area contributed by atoms with Crippen molar-refractivity contribution in [2.24, 2.45) is 0 Å². The van der Waals surface area contributed by atoms with Gasteiger partial charge in [-0.15, -0.1) is 0 Å². The first-order valence-corrected chi connectivity index (χ1v) is 12.3. The second-order valence-corrected chi connectivity index (χ2v) is 8.73. The number of nitrogens with zero attached hydrogens (tertiary/aromatic N) is 1. The van der Waals surface area contributed by atoms with Crippen molar-refractivity contribution < 1.29 is 14.0 Å². The number of rotatable bonds is 10. The number of anilines is 1. The predicted octanol–water partition coefficient (Wildman–Crippen LogP) is 5.97. The van der Waals surface area contributed by atoms with Crippen molar-refractivity contribution in [3.63, 3.8) is 0 Å². The predicted molar refractivity (Wildman–Crippen MR) is 146 cm³/mol. The molecule has 0 saturated heterocycles. The SMILES string of the molecule is O=C(Cc1ccc(N(Cc2cccc(F)c2)C(=O)/C=C/c2ccccc2)cc1)NCCc1ccccc1. The second kappa shape index (κ2) is 13.0. The van der Waals surface area contributed by atoms with E-state index in [-0.39, 0.29) is 30.6 Å². The lowest BCUT2D eigenvalue weighted by Crippen LogP contribution is -2.29. The highest BCUT2D eigenvalue weighted by Gasteiger charge is 2.15. The Hall–Kier alpha value is -4.51. The van der Waals surface area contributed by atoms with Crippen LogP contribution in [0.2, 0.25) is 0 Å². The molecule has 4 aromatic rings. The van der Waals surface area contributed by atoms with E-state index < -0.39 is 0 Å². The number of hydrogen-bond donors (Lipinski definition) is 1. The first-order valence-electron chi connectivity index (χ1n) is 12.3. The van der Waals surface area contributed by atoms with Gasteiger partial charge in [0.2, 0.25) is 5.91 Å². The molecule has 37 heavy (non-hydrogen) atoms. The van der Waals surface area contributed by atoms with Crippen LogP contribution in [0.3, 0.4) is 0 Å². The molecule has 4 aromatic carbocycles. The number of amides is 2. The van der Waals surface area contributed by atoms with Crippen LogP contribution in [0.15, 0.2) is 115 Å². The summed E-state index contributed by atoms with van der Waals surface area (Å²) in [5, 5.41) is 2.96. The molecule has 0 heterocycles. The average Bonchev–Trinajstić information content (AvgIpc) is 2.92. The fourth-order valence-electron chi connectivity index (χ4n) is 3.97. The first-order chi connectivity index (χ1) is 18.1. The third-order valence-electron chi connectivity index (χ3n) is 5.91. The minimum absolute atomic E-state index is 0.0535. The topological polar surface area (TPSA) is 49.4 Å². The number of benzene rings is 4. The van der Waals surface area contributed by atoms with Gasteiger partial charge in [-0.2, -0.15) is 0 Å². The molecule has 0 aliphatic carbocycles. The normalized spacial score (nSPS) is 10.8. The molecule has 0 spiro atoms. The highest BCUT2D eigenvalue weighted by Crippen LogP contribution is 2.20. The van der Waals surface area contributed by atoms with Crippen LogP contribution in [0.4, 0.5) is 10.1 Å². The Morgan fingerprint density at radius 2 is 1.43 bits per heavy atom. The molecular weight excluding hydrogens is 463 g/mol. The molecule has 4 nitrogen and oxygen atoms in total. The molecule has 0 aliphatic rings. The Labute approximate surface area is 217 Å². The molecule has 1 N–H and O–H groups in total. The number of hydrogen-bond acceptors (Lipinski definition) is 2. The van der Waals surface area contributed by atoms with Crippen molar-refractivity contribution >= 4 is 23.6 Å². The Morgan fingerprint density at radius 1 is 0.757 bits per heavy atom. The number of nitrogens with one attached hydrogen (secondary N) is 1. The van der Waals surface area contributed by atoms with Gasteiger partial charge in [-0.25, -0.2) is 4.39 Å². The smallest absolute Gasteiger partial charge is 0.251 e. The monoisotopic (exact) mass is 492 g/mol. The summed E-state index contributed by atoms with van der Waals surface area (Å²) in [5.41, 5.74) is 4.29.